The van der Waals surface area contributed by atoms with Gasteiger partial charge in [-0.15, -0.1) is 0 Å². The van der Waals surface area contributed by atoms with Gasteiger partial charge in [-0.3, -0.25) is 9.59 Å². The number of nitrogens with one attached hydrogen (secondary N) is 1. The van der Waals surface area contributed by atoms with Gasteiger partial charge in [-0.1, -0.05) is 24.3 Å². The molecule has 1 saturated heterocycles. The number of rotatable bonds is 4. The summed E-state index contributed by atoms with van der Waals surface area (Å²) in [7, 11) is -3.78. The fourth-order valence-corrected chi connectivity index (χ4v) is 5.20. The molecule has 2 aliphatic heterocycles. The second-order valence-corrected chi connectivity index (χ2v) is 9.50. The Morgan fingerprint density at radius 1 is 1.03 bits per heavy atom. The topological polar surface area (TPSA) is 90.0 Å². The average Bonchev–Trinajstić information content (AvgIpc) is 2.73. The molecule has 2 amide bonds. The van der Waals surface area contributed by atoms with E-state index in [-0.39, 0.29) is 12.5 Å². The van der Waals surface area contributed by atoms with Crippen molar-refractivity contribution in [1.29, 1.82) is 0 Å². The third kappa shape index (κ3) is 4.17. The number of para-hydroxylation sites is 2. The van der Waals surface area contributed by atoms with Crippen molar-refractivity contribution in [1.82, 2.24) is 4.31 Å². The normalized spacial score (nSPS) is 17.4. The van der Waals surface area contributed by atoms with Crippen molar-refractivity contribution in [3.05, 3.63) is 54.1 Å². The maximum absolute atomic E-state index is 12.9. The van der Waals surface area contributed by atoms with Crippen LogP contribution < -0.4 is 15.1 Å². The van der Waals surface area contributed by atoms with E-state index in [0.29, 0.717) is 37.6 Å². The van der Waals surface area contributed by atoms with Crippen LogP contribution in [0.5, 0.6) is 0 Å². The predicted molar refractivity (Wildman–Crippen MR) is 116 cm³/mol. The molecule has 0 atom stereocenters. The van der Waals surface area contributed by atoms with Crippen LogP contribution in [-0.2, 0) is 19.6 Å². The van der Waals surface area contributed by atoms with Crippen molar-refractivity contribution >= 4 is 38.9 Å². The van der Waals surface area contributed by atoms with Crippen LogP contribution >= 0.6 is 0 Å². The summed E-state index contributed by atoms with van der Waals surface area (Å²) in [5.41, 5.74) is 3.24. The predicted octanol–water partition coefficient (Wildman–Crippen LogP) is 1.43. The lowest BCUT2D eigenvalue weighted by atomic mass is 10.2. The van der Waals surface area contributed by atoms with Gasteiger partial charge in [-0.2, -0.15) is 4.31 Å². The number of sulfonamides is 1. The molecule has 2 heterocycles. The molecular weight excluding hydrogens is 404 g/mol. The third-order valence-electron chi connectivity index (χ3n) is 5.38. The molecule has 2 aliphatic rings. The van der Waals surface area contributed by atoms with Gasteiger partial charge in [0.2, 0.25) is 21.8 Å². The summed E-state index contributed by atoms with van der Waals surface area (Å²) < 4.78 is 27.1. The second-order valence-electron chi connectivity index (χ2n) is 7.53. The number of piperazine rings is 1. The number of aryl methyl sites for hydroxylation is 1. The fraction of sp³-hybridized carbons (Fsp3) is 0.333. The molecule has 4 rings (SSSR count). The number of carbonyl (C=O) groups excluding carboxylic acids is 2. The van der Waals surface area contributed by atoms with Gasteiger partial charge in [0.25, 0.3) is 0 Å². The van der Waals surface area contributed by atoms with Gasteiger partial charge < -0.3 is 15.1 Å². The van der Waals surface area contributed by atoms with Crippen LogP contribution in [0, 0.1) is 6.92 Å². The molecular formula is C21H24N4O4S. The van der Waals surface area contributed by atoms with E-state index in [9.17, 15) is 18.0 Å². The monoisotopic (exact) mass is 428 g/mol. The Morgan fingerprint density at radius 3 is 2.50 bits per heavy atom. The van der Waals surface area contributed by atoms with Crippen molar-refractivity contribution in [2.45, 2.75) is 6.92 Å². The lowest BCUT2D eigenvalue weighted by Gasteiger charge is -2.36. The van der Waals surface area contributed by atoms with Crippen LogP contribution in [0.25, 0.3) is 0 Å². The molecule has 0 aromatic heterocycles. The molecule has 30 heavy (non-hydrogen) atoms. The molecule has 0 unspecified atom stereocenters. The Balaban J connectivity index is 1.43. The Bertz CT molecular complexity index is 1080. The minimum Gasteiger partial charge on any atom is -0.369 e. The fourth-order valence-electron chi connectivity index (χ4n) is 3.83. The number of fused-ring (bicyclic) bond motifs is 1. The zero-order valence-corrected chi connectivity index (χ0v) is 17.6. The quantitative estimate of drug-likeness (QED) is 0.796. The number of carbonyl (C=O) groups is 2. The molecule has 9 heteroatoms. The third-order valence-corrected chi connectivity index (χ3v) is 7.14. The summed E-state index contributed by atoms with van der Waals surface area (Å²) in [5.74, 6) is -1.59. The highest BCUT2D eigenvalue weighted by molar-refractivity contribution is 7.89. The first-order valence-electron chi connectivity index (χ1n) is 9.82. The standard InChI is InChI=1S/C21H24N4O4S/c1-16-5-4-6-17(13-16)23-9-11-24(12-10-23)30(28,29)15-21(27)25-14-20(26)22-18-7-2-3-8-19(18)25/h2-8,13H,9-12,14-15H2,1H3,(H,22,26). The summed E-state index contributed by atoms with van der Waals surface area (Å²) in [4.78, 5) is 28.1. The maximum atomic E-state index is 12.9. The van der Waals surface area contributed by atoms with Gasteiger partial charge in [0.05, 0.1) is 11.4 Å². The SMILES string of the molecule is Cc1cccc(N2CCN(S(=O)(=O)CC(=O)N3CC(=O)Nc4ccccc43)CC2)c1. The van der Waals surface area contributed by atoms with Crippen LogP contribution in [0.15, 0.2) is 48.5 Å². The van der Waals surface area contributed by atoms with Gasteiger partial charge in [-0.05, 0) is 36.8 Å². The molecule has 1 N–H and O–H groups in total. The van der Waals surface area contributed by atoms with E-state index >= 15 is 0 Å². The summed E-state index contributed by atoms with van der Waals surface area (Å²) in [6, 6.07) is 15.0. The Labute approximate surface area is 176 Å². The molecule has 2 aromatic carbocycles. The van der Waals surface area contributed by atoms with Gasteiger partial charge in [0.15, 0.2) is 0 Å². The average molecular weight is 429 g/mol. The lowest BCUT2D eigenvalue weighted by molar-refractivity contribution is -0.120. The van der Waals surface area contributed by atoms with E-state index in [0.717, 1.165) is 11.3 Å². The highest BCUT2D eigenvalue weighted by Crippen LogP contribution is 2.29. The van der Waals surface area contributed by atoms with E-state index in [2.05, 4.69) is 16.3 Å². The number of benzene rings is 2. The second kappa shape index (κ2) is 8.08. The van der Waals surface area contributed by atoms with Crippen molar-refractivity contribution in [3.63, 3.8) is 0 Å². The van der Waals surface area contributed by atoms with Gasteiger partial charge in [0.1, 0.15) is 12.3 Å². The van der Waals surface area contributed by atoms with Crippen molar-refractivity contribution in [2.75, 3.05) is 53.6 Å². The van der Waals surface area contributed by atoms with Crippen molar-refractivity contribution in [2.24, 2.45) is 0 Å². The molecule has 8 nitrogen and oxygen atoms in total. The van der Waals surface area contributed by atoms with Crippen LogP contribution in [0.4, 0.5) is 17.1 Å². The lowest BCUT2D eigenvalue weighted by Crippen LogP contribution is -2.52. The summed E-state index contributed by atoms with van der Waals surface area (Å²) in [5, 5.41) is 2.70. The van der Waals surface area contributed by atoms with Crippen LogP contribution in [0.1, 0.15) is 5.56 Å². The van der Waals surface area contributed by atoms with Gasteiger partial charge in [-0.25, -0.2) is 8.42 Å². The minimum atomic E-state index is -3.78. The van der Waals surface area contributed by atoms with Crippen LogP contribution in [0.2, 0.25) is 0 Å². The van der Waals surface area contributed by atoms with E-state index in [1.54, 1.807) is 24.3 Å². The van der Waals surface area contributed by atoms with Gasteiger partial charge in [0, 0.05) is 31.9 Å². The smallest absolute Gasteiger partial charge is 0.244 e. The molecule has 0 bridgehead atoms. The largest absolute Gasteiger partial charge is 0.369 e. The molecule has 2 aromatic rings. The molecule has 0 aliphatic carbocycles. The van der Waals surface area contributed by atoms with E-state index in [1.165, 1.54) is 9.21 Å². The number of hydrogen-bond donors (Lipinski definition) is 1. The number of anilines is 3. The first-order chi connectivity index (χ1) is 14.3. The first kappa shape index (κ1) is 20.4. The first-order valence-corrected chi connectivity index (χ1v) is 11.4. The summed E-state index contributed by atoms with van der Waals surface area (Å²) in [6.45, 7) is 3.60. The van der Waals surface area contributed by atoms with Crippen molar-refractivity contribution < 1.29 is 18.0 Å². The maximum Gasteiger partial charge on any atom is 0.244 e. The van der Waals surface area contributed by atoms with Crippen LogP contribution in [-0.4, -0.2) is 63.0 Å². The Morgan fingerprint density at radius 2 is 1.77 bits per heavy atom. The van der Waals surface area contributed by atoms with Crippen LogP contribution in [0.3, 0.4) is 0 Å². The van der Waals surface area contributed by atoms with Crippen molar-refractivity contribution in [3.8, 4) is 0 Å². The molecule has 0 radical (unpaired) electrons. The molecule has 158 valence electrons. The van der Waals surface area contributed by atoms with Gasteiger partial charge >= 0.3 is 0 Å². The Kier molecular flexibility index (Phi) is 5.48. The molecule has 1 fully saturated rings. The molecule has 0 saturated carbocycles. The number of amides is 2. The van der Waals surface area contributed by atoms with E-state index in [1.807, 2.05) is 25.1 Å². The highest BCUT2D eigenvalue weighted by atomic mass is 32.2. The summed E-state index contributed by atoms with van der Waals surface area (Å²) >= 11 is 0. The minimum absolute atomic E-state index is 0.188. The number of hydrogen-bond acceptors (Lipinski definition) is 5. The van der Waals surface area contributed by atoms with E-state index in [4.69, 9.17) is 0 Å². The number of nitrogens with zero attached hydrogens (tertiary/aromatic N) is 3. The zero-order chi connectivity index (χ0) is 21.3. The summed E-state index contributed by atoms with van der Waals surface area (Å²) in [6.07, 6.45) is 0. The zero-order valence-electron chi connectivity index (χ0n) is 16.7. The highest BCUT2D eigenvalue weighted by Gasteiger charge is 2.33. The Hall–Kier alpha value is -2.91. The van der Waals surface area contributed by atoms with E-state index < -0.39 is 21.7 Å². The molecule has 0 spiro atoms.